The lowest BCUT2D eigenvalue weighted by molar-refractivity contribution is 0.112. The van der Waals surface area contributed by atoms with Gasteiger partial charge in [-0.15, -0.1) is 0 Å². The van der Waals surface area contributed by atoms with Gasteiger partial charge in [0.15, 0.2) is 6.29 Å². The molecule has 0 N–H and O–H groups in total. The molecule has 0 aliphatic rings. The van der Waals surface area contributed by atoms with Gasteiger partial charge in [0.25, 0.3) is 0 Å². The van der Waals surface area contributed by atoms with Crippen molar-refractivity contribution in [2.24, 2.45) is 0 Å². The van der Waals surface area contributed by atoms with E-state index in [1.807, 2.05) is 32.0 Å². The fourth-order valence-corrected chi connectivity index (χ4v) is 2.70. The molecule has 0 fully saturated rings. The maximum Gasteiger partial charge on any atom is 0.151 e. The summed E-state index contributed by atoms with van der Waals surface area (Å²) in [5, 5.41) is 0.153. The molecule has 0 aliphatic heterocycles. The second-order valence-electron chi connectivity index (χ2n) is 4.64. The molecule has 1 nitrogen and oxygen atoms in total. The van der Waals surface area contributed by atoms with Crippen LogP contribution < -0.4 is 0 Å². The minimum absolute atomic E-state index is 0.153. The van der Waals surface area contributed by atoms with Crippen LogP contribution in [0.4, 0.5) is 4.39 Å². The van der Waals surface area contributed by atoms with E-state index < -0.39 is 5.82 Å². The molecule has 0 aliphatic carbocycles. The van der Waals surface area contributed by atoms with E-state index in [9.17, 15) is 9.18 Å². The second kappa shape index (κ2) is 5.14. The Morgan fingerprint density at radius 2 is 1.68 bits per heavy atom. The van der Waals surface area contributed by atoms with E-state index in [2.05, 4.69) is 0 Å². The van der Waals surface area contributed by atoms with E-state index >= 15 is 0 Å². The highest BCUT2D eigenvalue weighted by molar-refractivity contribution is 6.33. The largest absolute Gasteiger partial charge is 0.298 e. The summed E-state index contributed by atoms with van der Waals surface area (Å²) in [6.45, 7) is 5.58. The van der Waals surface area contributed by atoms with Crippen LogP contribution in [0.3, 0.4) is 0 Å². The maximum absolute atomic E-state index is 14.3. The second-order valence-corrected chi connectivity index (χ2v) is 5.05. The van der Waals surface area contributed by atoms with Gasteiger partial charge in [-0.05, 0) is 49.1 Å². The molecule has 98 valence electrons. The van der Waals surface area contributed by atoms with Crippen LogP contribution in [0.5, 0.6) is 0 Å². The van der Waals surface area contributed by atoms with Gasteiger partial charge >= 0.3 is 0 Å². The summed E-state index contributed by atoms with van der Waals surface area (Å²) in [6, 6.07) is 6.99. The highest BCUT2D eigenvalue weighted by atomic mass is 35.5. The third kappa shape index (κ3) is 2.28. The molecule has 19 heavy (non-hydrogen) atoms. The first-order valence-corrected chi connectivity index (χ1v) is 6.35. The average molecular weight is 277 g/mol. The molecule has 0 heterocycles. The van der Waals surface area contributed by atoms with Crippen LogP contribution in [0.1, 0.15) is 27.0 Å². The third-order valence-electron chi connectivity index (χ3n) is 3.38. The van der Waals surface area contributed by atoms with Crippen LogP contribution in [0.15, 0.2) is 24.3 Å². The zero-order valence-corrected chi connectivity index (χ0v) is 11.8. The van der Waals surface area contributed by atoms with Crippen LogP contribution in [-0.4, -0.2) is 6.29 Å². The number of halogens is 2. The number of hydrogen-bond acceptors (Lipinski definition) is 1. The van der Waals surface area contributed by atoms with Crippen molar-refractivity contribution in [1.29, 1.82) is 0 Å². The molecule has 0 aromatic heterocycles. The summed E-state index contributed by atoms with van der Waals surface area (Å²) < 4.78 is 14.3. The van der Waals surface area contributed by atoms with E-state index in [0.717, 1.165) is 16.7 Å². The number of hydrogen-bond donors (Lipinski definition) is 0. The Hall–Kier alpha value is -1.67. The molecule has 0 radical (unpaired) electrons. The van der Waals surface area contributed by atoms with Gasteiger partial charge in [0, 0.05) is 11.1 Å². The summed E-state index contributed by atoms with van der Waals surface area (Å²) in [4.78, 5) is 11.1. The molecule has 0 bridgehead atoms. The van der Waals surface area contributed by atoms with Crippen LogP contribution in [-0.2, 0) is 0 Å². The Morgan fingerprint density at radius 3 is 2.21 bits per heavy atom. The van der Waals surface area contributed by atoms with Gasteiger partial charge in [0.2, 0.25) is 0 Å². The first-order valence-electron chi connectivity index (χ1n) is 5.97. The SMILES string of the molecule is Cc1cccc(C)c1-c1c(F)cc(Cl)c(C=O)c1C. The van der Waals surface area contributed by atoms with Crippen molar-refractivity contribution < 1.29 is 9.18 Å². The van der Waals surface area contributed by atoms with Crippen molar-refractivity contribution in [3.05, 3.63) is 57.4 Å². The van der Waals surface area contributed by atoms with Gasteiger partial charge in [0.05, 0.1) is 5.02 Å². The molecule has 2 aromatic carbocycles. The summed E-state index contributed by atoms with van der Waals surface area (Å²) in [6.07, 6.45) is 0.675. The molecular weight excluding hydrogens is 263 g/mol. The van der Waals surface area contributed by atoms with E-state index in [0.29, 0.717) is 23.0 Å². The van der Waals surface area contributed by atoms with Gasteiger partial charge in [-0.3, -0.25) is 4.79 Å². The van der Waals surface area contributed by atoms with Crippen molar-refractivity contribution in [2.45, 2.75) is 20.8 Å². The molecule has 0 saturated heterocycles. The lowest BCUT2D eigenvalue weighted by Gasteiger charge is -2.15. The average Bonchev–Trinajstić information content (AvgIpc) is 2.33. The van der Waals surface area contributed by atoms with E-state index in [1.54, 1.807) is 6.92 Å². The standard InChI is InChI=1S/C16H14ClFO/c1-9-5-4-6-10(2)15(9)16-11(3)12(8-19)13(17)7-14(16)18/h4-8H,1-3H3. The Kier molecular flexibility index (Phi) is 3.72. The molecule has 0 saturated carbocycles. The van der Waals surface area contributed by atoms with Gasteiger partial charge in [-0.1, -0.05) is 29.8 Å². The van der Waals surface area contributed by atoms with E-state index in [1.165, 1.54) is 6.07 Å². The Labute approximate surface area is 117 Å². The highest BCUT2D eigenvalue weighted by Crippen LogP contribution is 2.35. The topological polar surface area (TPSA) is 17.1 Å². The Bertz CT molecular complexity index is 642. The number of aldehydes is 1. The molecule has 0 unspecified atom stereocenters. The lowest BCUT2D eigenvalue weighted by atomic mass is 9.90. The summed E-state index contributed by atoms with van der Waals surface area (Å²) in [5.41, 5.74) is 4.17. The number of carbonyl (C=O) groups is 1. The zero-order chi connectivity index (χ0) is 14.2. The molecule has 0 spiro atoms. The highest BCUT2D eigenvalue weighted by Gasteiger charge is 2.18. The predicted molar refractivity (Wildman–Crippen MR) is 76.4 cm³/mol. The van der Waals surface area contributed by atoms with Gasteiger partial charge < -0.3 is 0 Å². The zero-order valence-electron chi connectivity index (χ0n) is 11.1. The Morgan fingerprint density at radius 1 is 1.11 bits per heavy atom. The summed E-state index contributed by atoms with van der Waals surface area (Å²) in [5.74, 6) is -0.398. The van der Waals surface area contributed by atoms with Crippen LogP contribution in [0.2, 0.25) is 5.02 Å². The molecule has 2 aromatic rings. The normalized spacial score (nSPS) is 10.6. The minimum Gasteiger partial charge on any atom is -0.298 e. The first-order chi connectivity index (χ1) is 8.97. The smallest absolute Gasteiger partial charge is 0.151 e. The Balaban J connectivity index is 2.87. The fraction of sp³-hybridized carbons (Fsp3) is 0.188. The maximum atomic E-state index is 14.3. The predicted octanol–water partition coefficient (Wildman–Crippen LogP) is 4.88. The lowest BCUT2D eigenvalue weighted by Crippen LogP contribution is -1.99. The number of rotatable bonds is 2. The van der Waals surface area contributed by atoms with Crippen molar-refractivity contribution in [1.82, 2.24) is 0 Å². The van der Waals surface area contributed by atoms with Gasteiger partial charge in [-0.25, -0.2) is 4.39 Å². The number of benzene rings is 2. The van der Waals surface area contributed by atoms with E-state index in [4.69, 9.17) is 11.6 Å². The summed E-state index contributed by atoms with van der Waals surface area (Å²) in [7, 11) is 0. The van der Waals surface area contributed by atoms with Crippen molar-refractivity contribution in [3.63, 3.8) is 0 Å². The van der Waals surface area contributed by atoms with Gasteiger partial charge in [0.1, 0.15) is 5.82 Å². The van der Waals surface area contributed by atoms with Crippen LogP contribution in [0, 0.1) is 26.6 Å². The third-order valence-corrected chi connectivity index (χ3v) is 3.69. The van der Waals surface area contributed by atoms with E-state index in [-0.39, 0.29) is 5.02 Å². The van der Waals surface area contributed by atoms with Crippen molar-refractivity contribution in [3.8, 4) is 11.1 Å². The molecule has 0 atom stereocenters. The molecule has 3 heteroatoms. The summed E-state index contributed by atoms with van der Waals surface area (Å²) >= 11 is 5.90. The van der Waals surface area contributed by atoms with Crippen LogP contribution >= 0.6 is 11.6 Å². The quantitative estimate of drug-likeness (QED) is 0.714. The van der Waals surface area contributed by atoms with Crippen molar-refractivity contribution >= 4 is 17.9 Å². The number of carbonyl (C=O) groups excluding carboxylic acids is 1. The van der Waals surface area contributed by atoms with Crippen molar-refractivity contribution in [2.75, 3.05) is 0 Å². The number of aryl methyl sites for hydroxylation is 2. The monoisotopic (exact) mass is 276 g/mol. The first kappa shape index (κ1) is 13.8. The minimum atomic E-state index is -0.398. The van der Waals surface area contributed by atoms with Gasteiger partial charge in [-0.2, -0.15) is 0 Å². The molecule has 2 rings (SSSR count). The fourth-order valence-electron chi connectivity index (χ4n) is 2.41. The molecule has 0 amide bonds. The molecular formula is C16H14ClFO. The van der Waals surface area contributed by atoms with Crippen LogP contribution in [0.25, 0.3) is 11.1 Å².